The van der Waals surface area contributed by atoms with Gasteiger partial charge in [0.15, 0.2) is 0 Å². The van der Waals surface area contributed by atoms with Gasteiger partial charge in [-0.05, 0) is 0 Å². The van der Waals surface area contributed by atoms with Crippen molar-refractivity contribution in [2.45, 2.75) is 26.4 Å². The Kier molecular flexibility index (Phi) is 2.63. The molecule has 82 valence electrons. The van der Waals surface area contributed by atoms with Gasteiger partial charge >= 0.3 is 0 Å². The van der Waals surface area contributed by atoms with Crippen LogP contribution in [0.25, 0.3) is 6.20 Å². The number of hydrogen-bond acceptors (Lipinski definition) is 1. The van der Waals surface area contributed by atoms with Crippen LogP contribution >= 0.6 is 0 Å². The smallest absolute Gasteiger partial charge is 0.262 e. The predicted molar refractivity (Wildman–Crippen MR) is 58.3 cm³/mol. The average molecular weight is 208 g/mol. The van der Waals surface area contributed by atoms with E-state index in [2.05, 4.69) is 6.58 Å². The van der Waals surface area contributed by atoms with E-state index >= 15 is 0 Å². The molecule has 0 spiro atoms. The van der Waals surface area contributed by atoms with Crippen LogP contribution in [0.3, 0.4) is 0 Å². The van der Waals surface area contributed by atoms with Gasteiger partial charge in [-0.15, -0.1) is 0 Å². The minimum atomic E-state index is -0.0767. The van der Waals surface area contributed by atoms with Crippen LogP contribution < -0.4 is 4.57 Å². The van der Waals surface area contributed by atoms with Crippen LogP contribution in [-0.4, -0.2) is 22.3 Å². The molecule has 1 saturated heterocycles. The normalized spacial score (nSPS) is 19.3. The van der Waals surface area contributed by atoms with Crippen molar-refractivity contribution in [2.75, 3.05) is 13.1 Å². The van der Waals surface area contributed by atoms with Gasteiger partial charge in [-0.25, -0.2) is 4.57 Å². The van der Waals surface area contributed by atoms with Crippen LogP contribution in [-0.2, 0) is 6.67 Å². The number of hydrogen-bond donors (Lipinski definition) is 0. The summed E-state index contributed by atoms with van der Waals surface area (Å²) in [6.07, 6.45) is 7.76. The molecule has 2 rings (SSSR count). The van der Waals surface area contributed by atoms with E-state index in [-0.39, 0.29) is 4.65 Å². The first-order chi connectivity index (χ1) is 7.14. The summed E-state index contributed by atoms with van der Waals surface area (Å²) in [6, 6.07) is 0. The van der Waals surface area contributed by atoms with Gasteiger partial charge in [0.1, 0.15) is 12.4 Å². The summed E-state index contributed by atoms with van der Waals surface area (Å²) in [4.78, 5) is 0. The van der Waals surface area contributed by atoms with E-state index < -0.39 is 0 Å². The van der Waals surface area contributed by atoms with Gasteiger partial charge in [0, 0.05) is 19.8 Å². The monoisotopic (exact) mass is 208 g/mol. The number of imidazole rings is 1. The number of hydroxylamine groups is 3. The molecule has 0 amide bonds. The highest BCUT2D eigenvalue weighted by Crippen LogP contribution is 2.17. The third-order valence-corrected chi connectivity index (χ3v) is 3.18. The molecule has 1 aliphatic heterocycles. The Morgan fingerprint density at radius 2 is 2.27 bits per heavy atom. The van der Waals surface area contributed by atoms with Crippen LogP contribution in [0.4, 0.5) is 0 Å². The topological polar surface area (TPSA) is 31.9 Å². The molecule has 0 saturated carbocycles. The molecular formula is C11H18N3O+. The van der Waals surface area contributed by atoms with Crippen molar-refractivity contribution >= 4 is 6.20 Å². The maximum Gasteiger partial charge on any atom is 0.262 e. The van der Waals surface area contributed by atoms with E-state index in [0.29, 0.717) is 6.67 Å². The summed E-state index contributed by atoms with van der Waals surface area (Å²) in [7, 11) is 0. The number of aromatic nitrogens is 2. The molecule has 0 radical (unpaired) electrons. The Labute approximate surface area is 90.2 Å². The summed E-state index contributed by atoms with van der Waals surface area (Å²) in [5.74, 6) is 1.06. The van der Waals surface area contributed by atoms with Gasteiger partial charge in [0.05, 0.1) is 19.3 Å². The van der Waals surface area contributed by atoms with Gasteiger partial charge in [0.2, 0.25) is 6.67 Å². The zero-order valence-electron chi connectivity index (χ0n) is 9.22. The maximum absolute atomic E-state index is 12.2. The molecule has 0 bridgehead atoms. The standard InChI is InChI=1S/C11H18N3O/c1-3-12-6-7-13(11(12)2)10-14(15)8-4-5-9-14/h3,6-7H,1,4-5,8-10H2,2H3/q+1. The number of rotatable bonds is 3. The first kappa shape index (κ1) is 10.4. The average Bonchev–Trinajstić information content (AvgIpc) is 2.76. The predicted octanol–water partition coefficient (Wildman–Crippen LogP) is 1.25. The lowest BCUT2D eigenvalue weighted by atomic mass is 10.4. The van der Waals surface area contributed by atoms with Crippen LogP contribution in [0.2, 0.25) is 0 Å². The molecule has 0 unspecified atom stereocenters. The molecule has 1 aliphatic rings. The van der Waals surface area contributed by atoms with Crippen molar-refractivity contribution in [2.24, 2.45) is 0 Å². The second kappa shape index (κ2) is 3.79. The molecule has 1 aromatic rings. The summed E-state index contributed by atoms with van der Waals surface area (Å²) in [5.41, 5.74) is 0. The molecule has 1 fully saturated rings. The van der Waals surface area contributed by atoms with Crippen molar-refractivity contribution < 1.29 is 9.21 Å². The number of likely N-dealkylation sites (tertiary alicyclic amines) is 1. The Morgan fingerprint density at radius 3 is 2.80 bits per heavy atom. The molecule has 4 nitrogen and oxygen atoms in total. The number of quaternary nitrogens is 1. The van der Waals surface area contributed by atoms with E-state index in [9.17, 15) is 5.21 Å². The summed E-state index contributed by atoms with van der Waals surface area (Å²) in [5, 5.41) is 12.2. The third-order valence-electron chi connectivity index (χ3n) is 3.18. The van der Waals surface area contributed by atoms with E-state index in [1.807, 2.05) is 28.5 Å². The van der Waals surface area contributed by atoms with E-state index in [0.717, 1.165) is 31.8 Å². The van der Waals surface area contributed by atoms with E-state index in [4.69, 9.17) is 0 Å². The zero-order chi connectivity index (χ0) is 10.9. The van der Waals surface area contributed by atoms with Crippen LogP contribution in [0.5, 0.6) is 0 Å². The lowest BCUT2D eigenvalue weighted by Crippen LogP contribution is -2.52. The fraction of sp³-hybridized carbons (Fsp3) is 0.545. The minimum Gasteiger partial charge on any atom is -0.630 e. The molecule has 0 atom stereocenters. The molecule has 2 heterocycles. The van der Waals surface area contributed by atoms with E-state index in [1.165, 1.54) is 0 Å². The van der Waals surface area contributed by atoms with Gasteiger partial charge < -0.3 is 9.85 Å². The molecule has 0 aliphatic carbocycles. The molecule has 0 N–H and O–H groups in total. The Hall–Kier alpha value is -1.13. The van der Waals surface area contributed by atoms with Crippen molar-refractivity contribution in [1.82, 2.24) is 4.57 Å². The Balaban J connectivity index is 2.16. The van der Waals surface area contributed by atoms with Crippen molar-refractivity contribution in [1.29, 1.82) is 0 Å². The summed E-state index contributed by atoms with van der Waals surface area (Å²) in [6.45, 7) is 7.77. The molecule has 4 heteroatoms. The minimum absolute atomic E-state index is 0.0767. The maximum atomic E-state index is 12.2. The van der Waals surface area contributed by atoms with Gasteiger partial charge in [-0.2, -0.15) is 4.57 Å². The second-order valence-corrected chi connectivity index (χ2v) is 4.26. The lowest BCUT2D eigenvalue weighted by molar-refractivity contribution is -1.02. The molecular weight excluding hydrogens is 190 g/mol. The van der Waals surface area contributed by atoms with Crippen molar-refractivity contribution in [3.63, 3.8) is 0 Å². The second-order valence-electron chi connectivity index (χ2n) is 4.26. The molecule has 15 heavy (non-hydrogen) atoms. The quantitative estimate of drug-likeness (QED) is 0.418. The lowest BCUT2D eigenvalue weighted by Gasteiger charge is -2.36. The van der Waals surface area contributed by atoms with Crippen LogP contribution in [0, 0.1) is 12.1 Å². The SMILES string of the molecule is C=Cn1cc[n+](C[N+]2([O-])CCCC2)c1C. The highest BCUT2D eigenvalue weighted by Gasteiger charge is 2.26. The van der Waals surface area contributed by atoms with Gasteiger partial charge in [-0.3, -0.25) is 0 Å². The molecule has 0 aromatic carbocycles. The zero-order valence-corrected chi connectivity index (χ0v) is 9.22. The molecule has 1 aromatic heterocycles. The number of nitrogens with zero attached hydrogens (tertiary/aromatic N) is 3. The first-order valence-corrected chi connectivity index (χ1v) is 5.41. The Morgan fingerprint density at radius 1 is 1.60 bits per heavy atom. The van der Waals surface area contributed by atoms with Crippen LogP contribution in [0.1, 0.15) is 18.7 Å². The summed E-state index contributed by atoms with van der Waals surface area (Å²) < 4.78 is 3.87. The van der Waals surface area contributed by atoms with Gasteiger partial charge in [-0.1, -0.05) is 6.58 Å². The first-order valence-electron chi connectivity index (χ1n) is 5.41. The van der Waals surface area contributed by atoms with Crippen molar-refractivity contribution in [3.8, 4) is 0 Å². The van der Waals surface area contributed by atoms with Crippen LogP contribution in [0.15, 0.2) is 19.0 Å². The highest BCUT2D eigenvalue weighted by molar-refractivity contribution is 5.16. The van der Waals surface area contributed by atoms with E-state index in [1.54, 1.807) is 6.20 Å². The van der Waals surface area contributed by atoms with Gasteiger partial charge in [0.25, 0.3) is 5.82 Å². The summed E-state index contributed by atoms with van der Waals surface area (Å²) >= 11 is 0. The third kappa shape index (κ3) is 1.96. The fourth-order valence-electron chi connectivity index (χ4n) is 2.19. The largest absolute Gasteiger partial charge is 0.630 e. The Bertz CT molecular complexity index is 364. The highest BCUT2D eigenvalue weighted by atomic mass is 16.5. The fourth-order valence-corrected chi connectivity index (χ4v) is 2.19. The van der Waals surface area contributed by atoms with Crippen molar-refractivity contribution in [3.05, 3.63) is 30.0 Å².